The molecule has 12 heteroatoms. The zero-order valence-electron chi connectivity index (χ0n) is 20.0. The number of ketones is 1. The van der Waals surface area contributed by atoms with Crippen LogP contribution in [0, 0.1) is 5.41 Å². The summed E-state index contributed by atoms with van der Waals surface area (Å²) in [7, 11) is 0. The Morgan fingerprint density at radius 2 is 1.74 bits per heavy atom. The number of aromatic nitrogens is 1. The van der Waals surface area contributed by atoms with E-state index in [0.29, 0.717) is 19.4 Å². The summed E-state index contributed by atoms with van der Waals surface area (Å²) in [4.78, 5) is 41.3. The molecule has 190 valence electrons. The normalized spacial score (nSPS) is 19.4. The van der Waals surface area contributed by atoms with Gasteiger partial charge in [0.15, 0.2) is 0 Å². The Labute approximate surface area is 196 Å². The van der Waals surface area contributed by atoms with Gasteiger partial charge in [0.1, 0.15) is 17.2 Å². The summed E-state index contributed by atoms with van der Waals surface area (Å²) in [6.07, 6.45) is -6.16. The number of likely N-dealkylation sites (tertiary alicyclic amines) is 1. The van der Waals surface area contributed by atoms with Crippen molar-refractivity contribution >= 4 is 29.6 Å². The number of amides is 2. The number of ether oxygens (including phenoxy) is 1. The maximum atomic E-state index is 13.1. The molecule has 2 heterocycles. The molecule has 2 unspecified atom stereocenters. The van der Waals surface area contributed by atoms with E-state index < -0.39 is 58.6 Å². The second-order valence-electron chi connectivity index (χ2n) is 10.2. The highest BCUT2D eigenvalue weighted by atomic mass is 19.4. The second-order valence-corrected chi connectivity index (χ2v) is 10.2. The number of piperidine rings is 1. The van der Waals surface area contributed by atoms with E-state index in [1.165, 1.54) is 11.0 Å². The van der Waals surface area contributed by atoms with Gasteiger partial charge in [-0.2, -0.15) is 13.2 Å². The van der Waals surface area contributed by atoms with Crippen LogP contribution in [0.5, 0.6) is 0 Å². The minimum absolute atomic E-state index is 0.0799. The van der Waals surface area contributed by atoms with Crippen molar-refractivity contribution in [3.63, 3.8) is 0 Å². The Hall–Kier alpha value is -3.05. The number of rotatable bonds is 4. The van der Waals surface area contributed by atoms with Crippen molar-refractivity contribution in [2.45, 2.75) is 78.2 Å². The van der Waals surface area contributed by atoms with E-state index in [-0.39, 0.29) is 5.82 Å². The number of hydrogen-bond donors (Lipinski definition) is 3. The predicted molar refractivity (Wildman–Crippen MR) is 119 cm³/mol. The van der Waals surface area contributed by atoms with Crippen LogP contribution in [0.2, 0.25) is 0 Å². The van der Waals surface area contributed by atoms with E-state index in [9.17, 15) is 32.7 Å². The standard InChI is InChI=1S/C22H31F3N4O5/c1-20(2,3)15-13(8-7-11-29(15)19(32)33)26-14-10-9-12(16(30)22(23,24)25)17(27-14)28-18(31)34-21(4,5)6/h9-10,13,15H,7-8,11H2,1-6H3,(H,32,33)(H2,26,27,28,31). The molecular weight excluding hydrogens is 457 g/mol. The summed E-state index contributed by atoms with van der Waals surface area (Å²) in [5.74, 6) is -2.70. The van der Waals surface area contributed by atoms with E-state index in [4.69, 9.17) is 4.74 Å². The van der Waals surface area contributed by atoms with Crippen LogP contribution in [-0.4, -0.2) is 63.4 Å². The minimum atomic E-state index is -5.18. The van der Waals surface area contributed by atoms with Crippen LogP contribution >= 0.6 is 0 Å². The summed E-state index contributed by atoms with van der Waals surface area (Å²) < 4.78 is 44.4. The SMILES string of the molecule is CC(C)(C)OC(=O)Nc1nc(NC2CCCN(C(=O)O)C2C(C)(C)C)ccc1C(=O)C(F)(F)F. The van der Waals surface area contributed by atoms with Gasteiger partial charge in [-0.15, -0.1) is 0 Å². The van der Waals surface area contributed by atoms with Gasteiger partial charge in [0.05, 0.1) is 11.6 Å². The van der Waals surface area contributed by atoms with Gasteiger partial charge in [-0.1, -0.05) is 20.8 Å². The van der Waals surface area contributed by atoms with Crippen LogP contribution in [0.1, 0.15) is 64.7 Å². The van der Waals surface area contributed by atoms with Crippen LogP contribution in [-0.2, 0) is 4.74 Å². The van der Waals surface area contributed by atoms with E-state index >= 15 is 0 Å². The van der Waals surface area contributed by atoms with Gasteiger partial charge in [-0.25, -0.2) is 14.6 Å². The van der Waals surface area contributed by atoms with E-state index in [0.717, 1.165) is 6.07 Å². The highest BCUT2D eigenvalue weighted by Crippen LogP contribution is 2.34. The van der Waals surface area contributed by atoms with Gasteiger partial charge in [0, 0.05) is 12.6 Å². The number of carboxylic acid groups (broad SMARTS) is 1. The number of nitrogens with zero attached hydrogens (tertiary/aromatic N) is 2. The Balaban J connectivity index is 2.42. The molecule has 0 saturated carbocycles. The van der Waals surface area contributed by atoms with Gasteiger partial charge in [0.25, 0.3) is 5.78 Å². The summed E-state index contributed by atoms with van der Waals surface area (Å²) in [6.45, 7) is 10.7. The van der Waals surface area contributed by atoms with Crippen molar-refractivity contribution < 1.29 is 37.4 Å². The van der Waals surface area contributed by atoms with Crippen molar-refractivity contribution in [3.05, 3.63) is 17.7 Å². The zero-order valence-corrected chi connectivity index (χ0v) is 20.0. The smallest absolute Gasteiger partial charge is 0.455 e. The van der Waals surface area contributed by atoms with Crippen LogP contribution in [0.25, 0.3) is 0 Å². The molecule has 34 heavy (non-hydrogen) atoms. The van der Waals surface area contributed by atoms with E-state index in [1.807, 2.05) is 20.8 Å². The maximum absolute atomic E-state index is 13.1. The summed E-state index contributed by atoms with van der Waals surface area (Å²) in [6, 6.07) is 1.25. The molecule has 1 aliphatic rings. The Morgan fingerprint density at radius 1 is 1.12 bits per heavy atom. The molecule has 3 N–H and O–H groups in total. The first-order chi connectivity index (χ1) is 15.4. The highest BCUT2D eigenvalue weighted by Gasteiger charge is 2.43. The lowest BCUT2D eigenvalue weighted by molar-refractivity contribution is -0.0885. The van der Waals surface area contributed by atoms with Gasteiger partial charge >= 0.3 is 18.4 Å². The van der Waals surface area contributed by atoms with Crippen LogP contribution < -0.4 is 10.6 Å². The van der Waals surface area contributed by atoms with Gasteiger partial charge in [-0.3, -0.25) is 10.1 Å². The number of nitrogens with one attached hydrogen (secondary N) is 2. The Morgan fingerprint density at radius 3 is 2.24 bits per heavy atom. The van der Waals surface area contributed by atoms with Crippen molar-refractivity contribution in [1.82, 2.24) is 9.88 Å². The zero-order chi connectivity index (χ0) is 26.1. The fourth-order valence-corrected chi connectivity index (χ4v) is 3.99. The first kappa shape index (κ1) is 27.2. The first-order valence-electron chi connectivity index (χ1n) is 10.8. The van der Waals surface area contributed by atoms with Gasteiger partial charge < -0.3 is 20.1 Å². The number of carbonyl (C=O) groups excluding carboxylic acids is 2. The molecule has 1 aromatic heterocycles. The molecular formula is C22H31F3N4O5. The van der Waals surface area contributed by atoms with Crippen molar-refractivity contribution in [2.24, 2.45) is 5.41 Å². The molecule has 0 radical (unpaired) electrons. The molecule has 1 aromatic rings. The number of anilines is 2. The predicted octanol–water partition coefficient (Wildman–Crippen LogP) is 5.14. The summed E-state index contributed by atoms with van der Waals surface area (Å²) in [5.41, 5.74) is -2.23. The third-order valence-electron chi connectivity index (χ3n) is 5.11. The number of hydrogen-bond acceptors (Lipinski definition) is 6. The van der Waals surface area contributed by atoms with Crippen LogP contribution in [0.4, 0.5) is 34.4 Å². The maximum Gasteiger partial charge on any atom is 0.455 e. The quantitative estimate of drug-likeness (QED) is 0.502. The number of carbonyl (C=O) groups is 3. The van der Waals surface area contributed by atoms with E-state index in [1.54, 1.807) is 20.8 Å². The topological polar surface area (TPSA) is 121 Å². The largest absolute Gasteiger partial charge is 0.465 e. The third-order valence-corrected chi connectivity index (χ3v) is 5.11. The number of alkyl halides is 3. The molecule has 2 rings (SSSR count). The monoisotopic (exact) mass is 488 g/mol. The fourth-order valence-electron chi connectivity index (χ4n) is 3.99. The molecule has 1 aliphatic heterocycles. The summed E-state index contributed by atoms with van der Waals surface area (Å²) >= 11 is 0. The molecule has 2 atom stereocenters. The van der Waals surface area contributed by atoms with Crippen LogP contribution in [0.15, 0.2) is 12.1 Å². The molecule has 2 amide bonds. The average molecular weight is 489 g/mol. The van der Waals surface area contributed by atoms with Crippen molar-refractivity contribution in [1.29, 1.82) is 0 Å². The number of Topliss-reactive ketones (excluding diaryl/α,β-unsaturated/α-hetero) is 1. The Kier molecular flexibility index (Phi) is 7.73. The fraction of sp³-hybridized carbons (Fsp3) is 0.636. The molecule has 0 spiro atoms. The third kappa shape index (κ3) is 6.97. The minimum Gasteiger partial charge on any atom is -0.465 e. The molecule has 1 fully saturated rings. The second kappa shape index (κ2) is 9.67. The molecule has 9 nitrogen and oxygen atoms in total. The summed E-state index contributed by atoms with van der Waals surface area (Å²) in [5, 5.41) is 14.9. The lowest BCUT2D eigenvalue weighted by Crippen LogP contribution is -2.58. The lowest BCUT2D eigenvalue weighted by Gasteiger charge is -2.47. The lowest BCUT2D eigenvalue weighted by atomic mass is 9.77. The molecule has 0 aromatic carbocycles. The first-order valence-corrected chi connectivity index (χ1v) is 10.8. The molecule has 0 aliphatic carbocycles. The highest BCUT2D eigenvalue weighted by molar-refractivity contribution is 6.06. The van der Waals surface area contributed by atoms with Crippen molar-refractivity contribution in [3.8, 4) is 0 Å². The molecule has 0 bridgehead atoms. The Bertz CT molecular complexity index is 938. The van der Waals surface area contributed by atoms with Crippen LogP contribution in [0.3, 0.4) is 0 Å². The van der Waals surface area contributed by atoms with Crippen molar-refractivity contribution in [2.75, 3.05) is 17.2 Å². The van der Waals surface area contributed by atoms with Gasteiger partial charge in [-0.05, 0) is 51.2 Å². The number of halogens is 3. The average Bonchev–Trinajstić information content (AvgIpc) is 2.64. The van der Waals surface area contributed by atoms with E-state index in [2.05, 4.69) is 15.6 Å². The molecule has 1 saturated heterocycles. The number of pyridine rings is 1. The van der Waals surface area contributed by atoms with Gasteiger partial charge in [0.2, 0.25) is 0 Å².